The quantitative estimate of drug-likeness (QED) is 0.543. The third-order valence-corrected chi connectivity index (χ3v) is 6.21. The monoisotopic (exact) mass is 377 g/mol. The molecule has 1 N–H and O–H groups in total. The summed E-state index contributed by atoms with van der Waals surface area (Å²) in [6.07, 6.45) is 3.03. The zero-order chi connectivity index (χ0) is 17.0. The van der Waals surface area contributed by atoms with Crippen LogP contribution in [0.25, 0.3) is 10.6 Å². The summed E-state index contributed by atoms with van der Waals surface area (Å²) in [5.74, 6) is 0. The van der Waals surface area contributed by atoms with Gasteiger partial charge in [-0.1, -0.05) is 35.9 Å². The van der Waals surface area contributed by atoms with Crippen molar-refractivity contribution in [1.82, 2.24) is 9.82 Å². The normalized spacial score (nSPS) is 11.7. The average molecular weight is 378 g/mol. The number of sulfonamides is 1. The number of hydrogen-bond donors (Lipinski definition) is 1. The van der Waals surface area contributed by atoms with E-state index in [1.165, 1.54) is 12.3 Å². The Kier molecular flexibility index (Phi) is 4.94. The molecule has 0 bridgehead atoms. The molecule has 8 heteroatoms. The fourth-order valence-electron chi connectivity index (χ4n) is 1.90. The number of hydrazone groups is 1. The Morgan fingerprint density at radius 2 is 1.88 bits per heavy atom. The molecule has 0 aliphatic heterocycles. The lowest BCUT2D eigenvalue weighted by atomic mass is 10.2. The van der Waals surface area contributed by atoms with Gasteiger partial charge in [0.1, 0.15) is 4.21 Å². The van der Waals surface area contributed by atoms with Crippen LogP contribution in [0.15, 0.2) is 70.1 Å². The molecule has 3 rings (SSSR count). The van der Waals surface area contributed by atoms with Crippen LogP contribution in [0, 0.1) is 0 Å². The maximum atomic E-state index is 12.3. The number of nitrogens with zero attached hydrogens (tertiary/aromatic N) is 2. The molecule has 0 radical (unpaired) electrons. The summed E-state index contributed by atoms with van der Waals surface area (Å²) in [7, 11) is -3.73. The molecular weight excluding hydrogens is 366 g/mol. The minimum absolute atomic E-state index is 0.166. The molecule has 0 saturated carbocycles. The van der Waals surface area contributed by atoms with Crippen molar-refractivity contribution in [2.45, 2.75) is 4.21 Å². The highest BCUT2D eigenvalue weighted by Gasteiger charge is 2.16. The second-order valence-corrected chi connectivity index (χ2v) is 8.09. The highest BCUT2D eigenvalue weighted by Crippen LogP contribution is 2.29. The Morgan fingerprint density at radius 3 is 2.62 bits per heavy atom. The Balaban J connectivity index is 1.77. The smallest absolute Gasteiger partial charge is 0.255 e. The first kappa shape index (κ1) is 16.6. The molecule has 0 spiro atoms. The molecule has 2 heterocycles. The van der Waals surface area contributed by atoms with Gasteiger partial charge in [-0.05, 0) is 30.3 Å². The van der Waals surface area contributed by atoms with Crippen LogP contribution in [0.4, 0.5) is 0 Å². The zero-order valence-electron chi connectivity index (χ0n) is 12.3. The van der Waals surface area contributed by atoms with Gasteiger partial charge in [0.25, 0.3) is 10.0 Å². The van der Waals surface area contributed by atoms with Crippen LogP contribution in [0.1, 0.15) is 5.56 Å². The van der Waals surface area contributed by atoms with Crippen molar-refractivity contribution in [3.63, 3.8) is 0 Å². The van der Waals surface area contributed by atoms with Crippen LogP contribution in [-0.4, -0.2) is 19.6 Å². The molecule has 122 valence electrons. The van der Waals surface area contributed by atoms with Crippen LogP contribution in [-0.2, 0) is 10.0 Å². The van der Waals surface area contributed by atoms with Crippen LogP contribution in [0.5, 0.6) is 0 Å². The number of benzene rings is 1. The Morgan fingerprint density at radius 1 is 1.08 bits per heavy atom. The van der Waals surface area contributed by atoms with Crippen molar-refractivity contribution >= 4 is 39.2 Å². The van der Waals surface area contributed by atoms with Crippen molar-refractivity contribution in [3.05, 3.63) is 71.4 Å². The zero-order valence-corrected chi connectivity index (χ0v) is 14.6. The van der Waals surface area contributed by atoms with Gasteiger partial charge < -0.3 is 0 Å². The second-order valence-electron chi connectivity index (χ2n) is 4.71. The first-order valence-corrected chi connectivity index (χ1v) is 9.55. The van der Waals surface area contributed by atoms with Gasteiger partial charge >= 0.3 is 0 Å². The average Bonchev–Trinajstić information content (AvgIpc) is 3.08. The van der Waals surface area contributed by atoms with E-state index in [1.54, 1.807) is 42.6 Å². The molecule has 2 aromatic heterocycles. The van der Waals surface area contributed by atoms with E-state index in [9.17, 15) is 8.42 Å². The van der Waals surface area contributed by atoms with Gasteiger partial charge in [-0.25, -0.2) is 0 Å². The number of nitrogens with one attached hydrogen (secondary N) is 1. The first-order chi connectivity index (χ1) is 11.6. The molecule has 0 saturated heterocycles. The van der Waals surface area contributed by atoms with E-state index in [0.717, 1.165) is 21.9 Å². The summed E-state index contributed by atoms with van der Waals surface area (Å²) in [5.41, 5.74) is 1.35. The van der Waals surface area contributed by atoms with E-state index >= 15 is 0 Å². The van der Waals surface area contributed by atoms with Crippen molar-refractivity contribution in [2.24, 2.45) is 5.10 Å². The van der Waals surface area contributed by atoms with Crippen molar-refractivity contribution in [2.75, 3.05) is 0 Å². The van der Waals surface area contributed by atoms with Gasteiger partial charge in [-0.15, -0.1) is 11.3 Å². The predicted octanol–water partition coefficient (Wildman–Crippen LogP) is 3.78. The topological polar surface area (TPSA) is 71.4 Å². The lowest BCUT2D eigenvalue weighted by Gasteiger charge is -2.00. The summed E-state index contributed by atoms with van der Waals surface area (Å²) in [6, 6.07) is 15.8. The Bertz CT molecular complexity index is 970. The fraction of sp³-hybridized carbons (Fsp3) is 0. The second kappa shape index (κ2) is 7.12. The standard InChI is InChI=1S/C16H12ClN3O2S2/c17-13-6-2-1-5-12(13)11-19-20-24(21,22)16-9-8-15(23-16)14-7-3-4-10-18-14/h1-11,20H. The minimum Gasteiger partial charge on any atom is -0.255 e. The van der Waals surface area contributed by atoms with E-state index in [4.69, 9.17) is 11.6 Å². The molecule has 0 atom stereocenters. The SMILES string of the molecule is O=S(=O)(NN=Cc1ccccc1Cl)c1ccc(-c2ccccn2)s1. The van der Waals surface area contributed by atoms with Crippen LogP contribution in [0.3, 0.4) is 0 Å². The lowest BCUT2D eigenvalue weighted by Crippen LogP contribution is -2.17. The third kappa shape index (κ3) is 3.81. The van der Waals surface area contributed by atoms with Gasteiger partial charge in [0, 0.05) is 16.8 Å². The van der Waals surface area contributed by atoms with Crippen molar-refractivity contribution in [3.8, 4) is 10.6 Å². The van der Waals surface area contributed by atoms with Crippen molar-refractivity contribution < 1.29 is 8.42 Å². The molecule has 1 aromatic carbocycles. The molecule has 3 aromatic rings. The summed E-state index contributed by atoms with van der Waals surface area (Å²) in [5, 5.41) is 4.27. The summed E-state index contributed by atoms with van der Waals surface area (Å²) >= 11 is 7.12. The summed E-state index contributed by atoms with van der Waals surface area (Å²) in [4.78, 5) is 7.17. The molecule has 0 amide bonds. The number of aromatic nitrogens is 1. The predicted molar refractivity (Wildman–Crippen MR) is 96.9 cm³/mol. The van der Waals surface area contributed by atoms with Crippen LogP contribution in [0.2, 0.25) is 5.02 Å². The Labute approximate surface area is 148 Å². The van der Waals surface area contributed by atoms with Gasteiger partial charge in [0.15, 0.2) is 0 Å². The Hall–Kier alpha value is -2.22. The van der Waals surface area contributed by atoms with E-state index in [2.05, 4.69) is 14.9 Å². The van der Waals surface area contributed by atoms with Crippen LogP contribution < -0.4 is 4.83 Å². The summed E-state index contributed by atoms with van der Waals surface area (Å²) < 4.78 is 24.7. The van der Waals surface area contributed by atoms with Gasteiger partial charge in [-0.2, -0.15) is 18.4 Å². The maximum absolute atomic E-state index is 12.3. The van der Waals surface area contributed by atoms with E-state index in [-0.39, 0.29) is 4.21 Å². The maximum Gasteiger partial charge on any atom is 0.286 e. The number of thiophene rings is 1. The minimum atomic E-state index is -3.73. The van der Waals surface area contributed by atoms with Gasteiger partial charge in [-0.3, -0.25) is 4.98 Å². The number of rotatable bonds is 5. The highest BCUT2D eigenvalue weighted by atomic mass is 35.5. The van der Waals surface area contributed by atoms with Gasteiger partial charge in [0.05, 0.1) is 16.8 Å². The van der Waals surface area contributed by atoms with Crippen LogP contribution >= 0.6 is 22.9 Å². The lowest BCUT2D eigenvalue weighted by molar-refractivity contribution is 0.587. The molecule has 0 aliphatic rings. The molecule has 0 unspecified atom stereocenters. The first-order valence-electron chi connectivity index (χ1n) is 6.87. The van der Waals surface area contributed by atoms with E-state index < -0.39 is 10.0 Å². The molecular formula is C16H12ClN3O2S2. The molecule has 5 nitrogen and oxygen atoms in total. The van der Waals surface area contributed by atoms with E-state index in [1.807, 2.05) is 12.1 Å². The molecule has 0 aliphatic carbocycles. The summed E-state index contributed by atoms with van der Waals surface area (Å²) in [6.45, 7) is 0. The number of pyridine rings is 1. The number of hydrogen-bond acceptors (Lipinski definition) is 5. The van der Waals surface area contributed by atoms with Gasteiger partial charge in [0.2, 0.25) is 0 Å². The van der Waals surface area contributed by atoms with Crippen molar-refractivity contribution in [1.29, 1.82) is 0 Å². The fourth-order valence-corrected chi connectivity index (χ4v) is 4.15. The van der Waals surface area contributed by atoms with E-state index in [0.29, 0.717) is 10.6 Å². The molecule has 24 heavy (non-hydrogen) atoms. The third-order valence-electron chi connectivity index (χ3n) is 3.05. The molecule has 0 fully saturated rings. The largest absolute Gasteiger partial charge is 0.286 e. The highest BCUT2D eigenvalue weighted by molar-refractivity contribution is 7.91. The number of halogens is 1.